The lowest BCUT2D eigenvalue weighted by Gasteiger charge is -1.95. The molecule has 0 spiro atoms. The molecule has 0 saturated carbocycles. The summed E-state index contributed by atoms with van der Waals surface area (Å²) in [6, 6.07) is 9.30. The maximum absolute atomic E-state index is 9.63. The third-order valence-corrected chi connectivity index (χ3v) is 2.66. The molecular weight excluding hydrogens is 204 g/mol. The van der Waals surface area contributed by atoms with Crippen LogP contribution in [0.2, 0.25) is 0 Å². The van der Waals surface area contributed by atoms with E-state index in [0.29, 0.717) is 5.56 Å². The summed E-state index contributed by atoms with van der Waals surface area (Å²) >= 11 is 0. The quantitative estimate of drug-likeness (QED) is 0.502. The molecule has 16 heavy (non-hydrogen) atoms. The number of aromatic hydroxyl groups is 2. The van der Waals surface area contributed by atoms with Crippen molar-refractivity contribution in [1.82, 2.24) is 9.97 Å². The first-order valence-corrected chi connectivity index (χ1v) is 4.93. The molecule has 3 rings (SSSR count). The summed E-state index contributed by atoms with van der Waals surface area (Å²) in [6.07, 6.45) is 1.81. The van der Waals surface area contributed by atoms with Crippen LogP contribution >= 0.6 is 0 Å². The van der Waals surface area contributed by atoms with Crippen molar-refractivity contribution in [3.05, 3.63) is 36.5 Å². The molecular formula is C12H10N2O2. The summed E-state index contributed by atoms with van der Waals surface area (Å²) in [7, 11) is 0. The van der Waals surface area contributed by atoms with Crippen molar-refractivity contribution in [2.75, 3.05) is 0 Å². The molecule has 0 unspecified atom stereocenters. The monoisotopic (exact) mass is 214 g/mol. The fraction of sp³-hybridized carbons (Fsp3) is 0. The van der Waals surface area contributed by atoms with Gasteiger partial charge < -0.3 is 15.2 Å². The summed E-state index contributed by atoms with van der Waals surface area (Å²) in [6.45, 7) is 0. The standard InChI is InChI=1S/C12H10N2O2/c15-11-5-8(12(16)14-11)9-6-13-10-4-2-1-3-7(9)10/h1-6,13-16H. The van der Waals surface area contributed by atoms with E-state index in [1.807, 2.05) is 30.5 Å². The van der Waals surface area contributed by atoms with Gasteiger partial charge in [-0.05, 0) is 6.07 Å². The van der Waals surface area contributed by atoms with Crippen LogP contribution in [-0.4, -0.2) is 20.2 Å². The Hall–Kier alpha value is -2.36. The highest BCUT2D eigenvalue weighted by Gasteiger charge is 2.12. The summed E-state index contributed by atoms with van der Waals surface area (Å²) in [5.41, 5.74) is 2.46. The fourth-order valence-electron chi connectivity index (χ4n) is 1.93. The van der Waals surface area contributed by atoms with E-state index < -0.39 is 0 Å². The first kappa shape index (κ1) is 8.91. The SMILES string of the molecule is Oc1cc(-c2c[nH]c3ccccc23)c(O)[nH]1. The highest BCUT2D eigenvalue weighted by molar-refractivity contribution is 5.96. The Morgan fingerprint density at radius 2 is 1.81 bits per heavy atom. The summed E-state index contributed by atoms with van der Waals surface area (Å²) in [5.74, 6) is -0.0694. The molecule has 2 aromatic heterocycles. The van der Waals surface area contributed by atoms with E-state index in [1.165, 1.54) is 6.07 Å². The average Bonchev–Trinajstić information content (AvgIpc) is 2.81. The van der Waals surface area contributed by atoms with E-state index in [9.17, 15) is 10.2 Å². The molecule has 0 atom stereocenters. The van der Waals surface area contributed by atoms with Crippen LogP contribution in [0.4, 0.5) is 0 Å². The lowest BCUT2D eigenvalue weighted by Crippen LogP contribution is -1.71. The zero-order valence-electron chi connectivity index (χ0n) is 8.36. The molecule has 4 heteroatoms. The van der Waals surface area contributed by atoms with Crippen molar-refractivity contribution in [1.29, 1.82) is 0 Å². The minimum absolute atomic E-state index is 0.0257. The molecule has 0 bridgehead atoms. The Bertz CT molecular complexity index is 652. The zero-order valence-corrected chi connectivity index (χ0v) is 8.36. The molecule has 4 nitrogen and oxygen atoms in total. The second-order valence-electron chi connectivity index (χ2n) is 3.66. The largest absolute Gasteiger partial charge is 0.494 e. The van der Waals surface area contributed by atoms with Crippen LogP contribution in [0.1, 0.15) is 0 Å². The number of aromatic nitrogens is 2. The number of benzene rings is 1. The second kappa shape index (κ2) is 3.06. The number of rotatable bonds is 1. The van der Waals surface area contributed by atoms with Crippen molar-refractivity contribution in [3.63, 3.8) is 0 Å². The summed E-state index contributed by atoms with van der Waals surface area (Å²) in [4.78, 5) is 5.57. The van der Waals surface area contributed by atoms with Gasteiger partial charge in [0.15, 0.2) is 11.8 Å². The van der Waals surface area contributed by atoms with Crippen LogP contribution < -0.4 is 0 Å². The van der Waals surface area contributed by atoms with Gasteiger partial charge in [-0.3, -0.25) is 4.98 Å². The lowest BCUT2D eigenvalue weighted by atomic mass is 10.1. The maximum Gasteiger partial charge on any atom is 0.199 e. The molecule has 0 radical (unpaired) electrons. The van der Waals surface area contributed by atoms with Gasteiger partial charge in [-0.25, -0.2) is 0 Å². The highest BCUT2D eigenvalue weighted by Crippen LogP contribution is 2.36. The zero-order chi connectivity index (χ0) is 11.1. The number of nitrogens with one attached hydrogen (secondary N) is 2. The molecule has 80 valence electrons. The van der Waals surface area contributed by atoms with Crippen molar-refractivity contribution in [2.45, 2.75) is 0 Å². The number of hydrogen-bond acceptors (Lipinski definition) is 2. The van der Waals surface area contributed by atoms with Gasteiger partial charge in [0.2, 0.25) is 0 Å². The predicted molar refractivity (Wildman–Crippen MR) is 61.4 cm³/mol. The van der Waals surface area contributed by atoms with E-state index >= 15 is 0 Å². The Morgan fingerprint density at radius 1 is 1.00 bits per heavy atom. The summed E-state index contributed by atoms with van der Waals surface area (Å²) in [5, 5.41) is 19.9. The Balaban J connectivity index is 2.30. The number of aromatic amines is 2. The van der Waals surface area contributed by atoms with E-state index in [1.54, 1.807) is 0 Å². The lowest BCUT2D eigenvalue weighted by molar-refractivity contribution is 0.426. The second-order valence-corrected chi connectivity index (χ2v) is 3.66. The van der Waals surface area contributed by atoms with Gasteiger partial charge in [-0.15, -0.1) is 0 Å². The highest BCUT2D eigenvalue weighted by atomic mass is 16.3. The predicted octanol–water partition coefficient (Wildman–Crippen LogP) is 2.57. The van der Waals surface area contributed by atoms with E-state index in [2.05, 4.69) is 9.97 Å². The minimum atomic E-state index is -0.0437. The van der Waals surface area contributed by atoms with Crippen LogP contribution in [0.25, 0.3) is 22.0 Å². The van der Waals surface area contributed by atoms with Gasteiger partial charge in [0.25, 0.3) is 0 Å². The van der Waals surface area contributed by atoms with Crippen molar-refractivity contribution >= 4 is 10.9 Å². The van der Waals surface area contributed by atoms with Gasteiger partial charge in [-0.2, -0.15) is 0 Å². The van der Waals surface area contributed by atoms with Gasteiger partial charge in [0.05, 0.1) is 0 Å². The number of hydrogen-bond donors (Lipinski definition) is 4. The third kappa shape index (κ3) is 1.16. The van der Waals surface area contributed by atoms with Gasteiger partial charge in [0, 0.05) is 34.3 Å². The Labute approximate surface area is 91.2 Å². The Morgan fingerprint density at radius 3 is 2.56 bits per heavy atom. The van der Waals surface area contributed by atoms with Crippen LogP contribution in [0, 0.1) is 0 Å². The topological polar surface area (TPSA) is 72.0 Å². The van der Waals surface area contributed by atoms with Crippen LogP contribution in [0.15, 0.2) is 36.5 Å². The molecule has 0 saturated heterocycles. The normalized spacial score (nSPS) is 11.0. The molecule has 2 heterocycles. The molecule has 0 aliphatic rings. The molecule has 1 aromatic carbocycles. The summed E-state index contributed by atoms with van der Waals surface area (Å²) < 4.78 is 0. The third-order valence-electron chi connectivity index (χ3n) is 2.66. The van der Waals surface area contributed by atoms with Gasteiger partial charge in [0.1, 0.15) is 0 Å². The van der Waals surface area contributed by atoms with Crippen LogP contribution in [0.5, 0.6) is 11.8 Å². The number of H-pyrrole nitrogens is 2. The van der Waals surface area contributed by atoms with Gasteiger partial charge >= 0.3 is 0 Å². The average molecular weight is 214 g/mol. The molecule has 0 aliphatic heterocycles. The number of fused-ring (bicyclic) bond motifs is 1. The fourth-order valence-corrected chi connectivity index (χ4v) is 1.93. The maximum atomic E-state index is 9.63. The minimum Gasteiger partial charge on any atom is -0.494 e. The van der Waals surface area contributed by atoms with E-state index in [-0.39, 0.29) is 11.8 Å². The van der Waals surface area contributed by atoms with Crippen molar-refractivity contribution in [3.8, 4) is 22.9 Å². The first-order valence-electron chi connectivity index (χ1n) is 4.93. The van der Waals surface area contributed by atoms with E-state index in [0.717, 1.165) is 16.5 Å². The molecule has 0 amide bonds. The smallest absolute Gasteiger partial charge is 0.199 e. The first-order chi connectivity index (χ1) is 7.75. The molecule has 4 N–H and O–H groups in total. The Kier molecular flexibility index (Phi) is 1.71. The molecule has 3 aromatic rings. The van der Waals surface area contributed by atoms with E-state index in [4.69, 9.17) is 0 Å². The van der Waals surface area contributed by atoms with Crippen molar-refractivity contribution in [2.24, 2.45) is 0 Å². The number of para-hydroxylation sites is 1. The van der Waals surface area contributed by atoms with Crippen LogP contribution in [0.3, 0.4) is 0 Å². The molecule has 0 fully saturated rings. The molecule has 0 aliphatic carbocycles. The van der Waals surface area contributed by atoms with Crippen molar-refractivity contribution < 1.29 is 10.2 Å². The van der Waals surface area contributed by atoms with Crippen LogP contribution in [-0.2, 0) is 0 Å². The van der Waals surface area contributed by atoms with Gasteiger partial charge in [-0.1, -0.05) is 18.2 Å².